The van der Waals surface area contributed by atoms with Gasteiger partial charge in [-0.3, -0.25) is 14.4 Å². The van der Waals surface area contributed by atoms with Gasteiger partial charge in [-0.25, -0.2) is 4.79 Å². The van der Waals surface area contributed by atoms with Crippen molar-refractivity contribution in [2.45, 2.75) is 6.54 Å². The van der Waals surface area contributed by atoms with Gasteiger partial charge in [-0.15, -0.1) is 0 Å². The zero-order valence-corrected chi connectivity index (χ0v) is 10.4. The van der Waals surface area contributed by atoms with Crippen molar-refractivity contribution in [2.75, 3.05) is 0 Å². The van der Waals surface area contributed by atoms with Crippen LogP contribution in [0.1, 0.15) is 10.5 Å². The van der Waals surface area contributed by atoms with Crippen LogP contribution in [-0.2, 0) is 11.3 Å². The first-order valence-electron chi connectivity index (χ1n) is 5.67. The number of pyridine rings is 1. The van der Waals surface area contributed by atoms with Gasteiger partial charge in [0, 0.05) is 17.5 Å². The molecular weight excluding hydrogens is 282 g/mol. The van der Waals surface area contributed by atoms with E-state index in [0.717, 1.165) is 28.8 Å². The summed E-state index contributed by atoms with van der Waals surface area (Å²) in [5.41, 5.74) is -2.17. The lowest BCUT2D eigenvalue weighted by molar-refractivity contribution is -0.137. The van der Waals surface area contributed by atoms with Gasteiger partial charge in [0.15, 0.2) is 11.2 Å². The van der Waals surface area contributed by atoms with E-state index in [1.165, 1.54) is 0 Å². The molecule has 0 saturated carbocycles. The van der Waals surface area contributed by atoms with Crippen LogP contribution >= 0.6 is 0 Å². The Bertz CT molecular complexity index is 882. The van der Waals surface area contributed by atoms with Gasteiger partial charge in [0.1, 0.15) is 12.2 Å². The third-order valence-corrected chi connectivity index (χ3v) is 2.83. The first kappa shape index (κ1) is 14.3. The Kier molecular flexibility index (Phi) is 3.45. The van der Waals surface area contributed by atoms with Crippen molar-refractivity contribution < 1.29 is 24.9 Å². The van der Waals surface area contributed by atoms with E-state index in [9.17, 15) is 24.3 Å². The Morgan fingerprint density at radius 2 is 1.71 bits per heavy atom. The van der Waals surface area contributed by atoms with E-state index < -0.39 is 40.8 Å². The molecule has 2 rings (SSSR count). The average molecular weight is 291 g/mol. The molecule has 0 aliphatic rings. The molecule has 0 amide bonds. The highest BCUT2D eigenvalue weighted by Crippen LogP contribution is 2.13. The van der Waals surface area contributed by atoms with Crippen LogP contribution in [0.3, 0.4) is 0 Å². The summed E-state index contributed by atoms with van der Waals surface area (Å²) in [4.78, 5) is 45.4. The maximum atomic E-state index is 11.9. The average Bonchev–Trinajstić information content (AvgIpc) is 2.53. The Hall–Kier alpha value is -3.16. The molecule has 0 bridgehead atoms. The normalized spacial score (nSPS) is 10.5. The molecule has 0 radical (unpaired) electrons. The zero-order chi connectivity index (χ0) is 15.7. The van der Waals surface area contributed by atoms with Crippen LogP contribution in [0.5, 0.6) is 5.75 Å². The van der Waals surface area contributed by atoms with Crippen LogP contribution in [0.4, 0.5) is 0 Å². The van der Waals surface area contributed by atoms with Crippen molar-refractivity contribution in [1.82, 2.24) is 4.57 Å². The monoisotopic (exact) mass is 291 g/mol. The molecule has 0 unspecified atom stereocenters. The molecule has 0 atom stereocenters. The lowest BCUT2D eigenvalue weighted by Crippen LogP contribution is -2.21. The highest BCUT2D eigenvalue weighted by Gasteiger charge is 2.16. The number of hydrogen-bond donors (Lipinski definition) is 3. The quantitative estimate of drug-likeness (QED) is 0.715. The smallest absolute Gasteiger partial charge is 0.352 e. The summed E-state index contributed by atoms with van der Waals surface area (Å²) in [7, 11) is 0. The summed E-state index contributed by atoms with van der Waals surface area (Å²) in [5.74, 6) is -3.43. The molecule has 1 aromatic heterocycles. The lowest BCUT2D eigenvalue weighted by atomic mass is 10.2. The Morgan fingerprint density at radius 3 is 2.29 bits per heavy atom. The standard InChI is InChI=1S/C13H9NO7/c15-9-2-1-7-6(3-11(9)17)10(16)4-8(13(20)21)14(7)5-12(18)19/h1-4H,5H2,(H,15,17)(H,18,19)(H,20,21). The van der Waals surface area contributed by atoms with Gasteiger partial charge in [-0.05, 0) is 12.1 Å². The fraction of sp³-hybridized carbons (Fsp3) is 0.0769. The minimum atomic E-state index is -1.48. The van der Waals surface area contributed by atoms with Gasteiger partial charge in [0.05, 0.1) is 5.52 Å². The summed E-state index contributed by atoms with van der Waals surface area (Å²) >= 11 is 0. The van der Waals surface area contributed by atoms with Crippen LogP contribution in [-0.4, -0.2) is 31.8 Å². The number of carbonyl (C=O) groups is 2. The maximum absolute atomic E-state index is 11.9. The van der Waals surface area contributed by atoms with Crippen molar-refractivity contribution in [3.63, 3.8) is 0 Å². The van der Waals surface area contributed by atoms with Gasteiger partial charge in [0.25, 0.3) is 0 Å². The fourth-order valence-corrected chi connectivity index (χ4v) is 1.93. The minimum absolute atomic E-state index is 0.0697. The number of aromatic nitrogens is 1. The van der Waals surface area contributed by atoms with E-state index in [1.54, 1.807) is 0 Å². The summed E-state index contributed by atoms with van der Waals surface area (Å²) < 4.78 is 0.875. The molecule has 0 spiro atoms. The third-order valence-electron chi connectivity index (χ3n) is 2.83. The van der Waals surface area contributed by atoms with Crippen LogP contribution in [0.25, 0.3) is 10.9 Å². The molecule has 0 aliphatic heterocycles. The predicted octanol–water partition coefficient (Wildman–Crippen LogP) is -0.150. The second-order valence-corrected chi connectivity index (χ2v) is 4.20. The summed E-state index contributed by atoms with van der Waals surface area (Å²) in [6.45, 7) is -0.711. The van der Waals surface area contributed by atoms with Crippen molar-refractivity contribution in [3.05, 3.63) is 50.4 Å². The first-order chi connectivity index (χ1) is 9.81. The Labute approximate surface area is 116 Å². The molecule has 3 N–H and O–H groups in total. The Balaban J connectivity index is 3.04. The molecule has 0 saturated heterocycles. The van der Waals surface area contributed by atoms with Crippen molar-refractivity contribution in [3.8, 4) is 5.75 Å². The second-order valence-electron chi connectivity index (χ2n) is 4.20. The summed E-state index contributed by atoms with van der Waals surface area (Å²) in [6, 6.07) is 3.69. The molecule has 0 aliphatic carbocycles. The zero-order valence-electron chi connectivity index (χ0n) is 10.4. The molecule has 108 valence electrons. The highest BCUT2D eigenvalue weighted by molar-refractivity contribution is 5.91. The Morgan fingerprint density at radius 1 is 1.05 bits per heavy atom. The van der Waals surface area contributed by atoms with E-state index in [2.05, 4.69) is 0 Å². The van der Waals surface area contributed by atoms with Crippen molar-refractivity contribution >= 4 is 22.8 Å². The maximum Gasteiger partial charge on any atom is 0.352 e. The molecule has 0 fully saturated rings. The largest absolute Gasteiger partial charge is 0.504 e. The molecule has 8 heteroatoms. The second kappa shape index (κ2) is 5.08. The molecule has 2 aromatic rings. The topological polar surface area (TPSA) is 134 Å². The van der Waals surface area contributed by atoms with Gasteiger partial charge in [-0.2, -0.15) is 0 Å². The van der Waals surface area contributed by atoms with E-state index in [1.807, 2.05) is 0 Å². The molecule has 8 nitrogen and oxygen atoms in total. The number of aliphatic carboxylic acids is 1. The van der Waals surface area contributed by atoms with E-state index in [0.29, 0.717) is 0 Å². The lowest BCUT2D eigenvalue weighted by Gasteiger charge is -2.10. The molecule has 1 aromatic carbocycles. The molecule has 1 heterocycles. The fourth-order valence-electron chi connectivity index (χ4n) is 1.93. The molecule has 21 heavy (non-hydrogen) atoms. The van der Waals surface area contributed by atoms with Gasteiger partial charge < -0.3 is 19.9 Å². The summed E-state index contributed by atoms with van der Waals surface area (Å²) in [6.07, 6.45) is 0. The van der Waals surface area contributed by atoms with Crippen LogP contribution in [0.15, 0.2) is 33.9 Å². The number of carboxylic acid groups (broad SMARTS) is 2. The minimum Gasteiger partial charge on any atom is -0.504 e. The summed E-state index contributed by atoms with van der Waals surface area (Å²) in [5, 5.41) is 27.1. The predicted molar refractivity (Wildman–Crippen MR) is 70.7 cm³/mol. The van der Waals surface area contributed by atoms with Gasteiger partial charge in [-0.1, -0.05) is 0 Å². The number of rotatable bonds is 3. The van der Waals surface area contributed by atoms with Gasteiger partial charge in [0.2, 0.25) is 5.43 Å². The SMILES string of the molecule is O=C(O)Cn1c(C(=O)O)cc(=O)c2cc(=O)c(O)ccc21. The van der Waals surface area contributed by atoms with E-state index >= 15 is 0 Å². The number of fused-ring (bicyclic) bond motifs is 1. The molecular formula is C13H9NO7. The number of carboxylic acids is 2. The number of hydrogen-bond acceptors (Lipinski definition) is 5. The highest BCUT2D eigenvalue weighted by atomic mass is 16.4. The van der Waals surface area contributed by atoms with E-state index in [4.69, 9.17) is 10.2 Å². The van der Waals surface area contributed by atoms with Crippen molar-refractivity contribution in [2.24, 2.45) is 0 Å². The number of nitrogens with zero attached hydrogens (tertiary/aromatic N) is 1. The van der Waals surface area contributed by atoms with Crippen LogP contribution < -0.4 is 10.9 Å². The van der Waals surface area contributed by atoms with Gasteiger partial charge >= 0.3 is 11.9 Å². The van der Waals surface area contributed by atoms with Crippen molar-refractivity contribution in [1.29, 1.82) is 0 Å². The number of aromatic hydroxyl groups is 1. The van der Waals surface area contributed by atoms with Crippen LogP contribution in [0.2, 0.25) is 0 Å². The number of aromatic carboxylic acids is 1. The third kappa shape index (κ3) is 2.59. The van der Waals surface area contributed by atoms with E-state index in [-0.39, 0.29) is 10.9 Å². The van der Waals surface area contributed by atoms with Crippen LogP contribution in [0, 0.1) is 0 Å². The first-order valence-corrected chi connectivity index (χ1v) is 5.67.